The second kappa shape index (κ2) is 7.26. The molecule has 0 atom stereocenters. The number of alkyl halides is 1. The minimum atomic E-state index is -0.601. The summed E-state index contributed by atoms with van der Waals surface area (Å²) in [5.74, 6) is -0.474. The summed E-state index contributed by atoms with van der Waals surface area (Å²) >= 11 is 6.63. The van der Waals surface area contributed by atoms with Crippen molar-refractivity contribution in [2.45, 2.75) is 31.7 Å². The van der Waals surface area contributed by atoms with Crippen molar-refractivity contribution < 1.29 is 19.1 Å². The number of carbonyl (C=O) groups is 2. The maximum absolute atomic E-state index is 11.9. The number of hydrogen-bond donors (Lipinski definition) is 1. The number of anilines is 1. The van der Waals surface area contributed by atoms with E-state index in [-0.39, 0.29) is 0 Å². The van der Waals surface area contributed by atoms with Crippen LogP contribution in [0.5, 0.6) is 0 Å². The van der Waals surface area contributed by atoms with Gasteiger partial charge in [0.05, 0.1) is 18.4 Å². The van der Waals surface area contributed by atoms with Gasteiger partial charge in [-0.05, 0) is 32.9 Å². The zero-order chi connectivity index (χ0) is 16.2. The Morgan fingerprint density at radius 1 is 1.29 bits per heavy atom. The van der Waals surface area contributed by atoms with E-state index in [4.69, 9.17) is 9.47 Å². The maximum Gasteiger partial charge on any atom is 0.412 e. The first-order valence-corrected chi connectivity index (χ1v) is 8.06. The summed E-state index contributed by atoms with van der Waals surface area (Å²) in [4.78, 5) is 23.7. The lowest BCUT2D eigenvalue weighted by Crippen LogP contribution is -2.27. The molecule has 0 saturated carbocycles. The van der Waals surface area contributed by atoms with Gasteiger partial charge in [0.15, 0.2) is 0 Å². The smallest absolute Gasteiger partial charge is 0.412 e. The highest BCUT2D eigenvalue weighted by molar-refractivity contribution is 9.10. The third kappa shape index (κ3) is 5.32. The molecule has 7 heteroatoms. The molecule has 5 nitrogen and oxygen atoms in total. The van der Waals surface area contributed by atoms with Gasteiger partial charge in [0.2, 0.25) is 0 Å². The normalized spacial score (nSPS) is 11.0. The van der Waals surface area contributed by atoms with Crippen LogP contribution in [-0.4, -0.2) is 24.8 Å². The molecular formula is C14H17Br2NO4. The van der Waals surface area contributed by atoms with E-state index in [0.29, 0.717) is 26.6 Å². The maximum atomic E-state index is 11.9. The van der Waals surface area contributed by atoms with Crippen molar-refractivity contribution in [3.63, 3.8) is 0 Å². The first-order chi connectivity index (χ1) is 9.67. The lowest BCUT2D eigenvalue weighted by molar-refractivity contribution is 0.0595. The number of methoxy groups -OCH3 is 1. The second-order valence-electron chi connectivity index (χ2n) is 5.23. The summed E-state index contributed by atoms with van der Waals surface area (Å²) in [7, 11) is 1.31. The highest BCUT2D eigenvalue weighted by Crippen LogP contribution is 2.29. The summed E-state index contributed by atoms with van der Waals surface area (Å²) in [6.07, 6.45) is -0.585. The van der Waals surface area contributed by atoms with Crippen LogP contribution in [0.3, 0.4) is 0 Å². The van der Waals surface area contributed by atoms with Crippen LogP contribution in [0.15, 0.2) is 16.6 Å². The van der Waals surface area contributed by atoms with E-state index < -0.39 is 17.7 Å². The van der Waals surface area contributed by atoms with Crippen LogP contribution in [0.4, 0.5) is 10.5 Å². The monoisotopic (exact) mass is 421 g/mol. The third-order valence-corrected chi connectivity index (χ3v) is 3.41. The molecule has 1 aromatic rings. The number of ether oxygens (including phenoxy) is 2. The molecule has 0 radical (unpaired) electrons. The lowest BCUT2D eigenvalue weighted by Gasteiger charge is -2.21. The van der Waals surface area contributed by atoms with Gasteiger partial charge in [0, 0.05) is 15.4 Å². The largest absolute Gasteiger partial charge is 0.465 e. The predicted molar refractivity (Wildman–Crippen MR) is 88.0 cm³/mol. The standard InChI is InChI=1S/C14H17Br2NO4/c1-14(2,3)21-13(19)17-11-6-8(16)5-9(10(11)7-15)12(18)20-4/h5-6H,7H2,1-4H3,(H,17,19). The van der Waals surface area contributed by atoms with Gasteiger partial charge >= 0.3 is 12.1 Å². The molecule has 1 amide bonds. The van der Waals surface area contributed by atoms with Crippen molar-refractivity contribution in [1.82, 2.24) is 0 Å². The van der Waals surface area contributed by atoms with Gasteiger partial charge in [-0.2, -0.15) is 0 Å². The van der Waals surface area contributed by atoms with Crippen LogP contribution >= 0.6 is 31.9 Å². The molecule has 0 aliphatic heterocycles. The Kier molecular flexibility index (Phi) is 6.22. The number of rotatable bonds is 3. The fourth-order valence-corrected chi connectivity index (χ4v) is 2.66. The van der Waals surface area contributed by atoms with Crippen molar-refractivity contribution in [3.8, 4) is 0 Å². The van der Waals surface area contributed by atoms with Crippen LogP contribution in [0.1, 0.15) is 36.7 Å². The summed E-state index contributed by atoms with van der Waals surface area (Å²) in [6.45, 7) is 5.33. The highest BCUT2D eigenvalue weighted by atomic mass is 79.9. The zero-order valence-corrected chi connectivity index (χ0v) is 15.4. The van der Waals surface area contributed by atoms with Crippen molar-refractivity contribution in [2.75, 3.05) is 12.4 Å². The molecule has 116 valence electrons. The second-order valence-corrected chi connectivity index (χ2v) is 6.71. The van der Waals surface area contributed by atoms with E-state index in [1.165, 1.54) is 7.11 Å². The van der Waals surface area contributed by atoms with Gasteiger partial charge < -0.3 is 9.47 Å². The van der Waals surface area contributed by atoms with Crippen LogP contribution in [0, 0.1) is 0 Å². The van der Waals surface area contributed by atoms with Gasteiger partial charge in [-0.25, -0.2) is 9.59 Å². The Labute approximate surface area is 140 Å². The number of carbonyl (C=O) groups excluding carboxylic acids is 2. The number of esters is 1. The molecule has 0 spiro atoms. The number of benzene rings is 1. The van der Waals surface area contributed by atoms with Crippen LogP contribution in [0.2, 0.25) is 0 Å². The highest BCUT2D eigenvalue weighted by Gasteiger charge is 2.20. The van der Waals surface area contributed by atoms with Crippen molar-refractivity contribution in [3.05, 3.63) is 27.7 Å². The molecule has 0 saturated heterocycles. The summed E-state index contributed by atoms with van der Waals surface area (Å²) in [5.41, 5.74) is 0.872. The molecule has 0 bridgehead atoms. The van der Waals surface area contributed by atoms with Crippen LogP contribution < -0.4 is 5.32 Å². The minimum absolute atomic E-state index is 0.370. The molecular weight excluding hydrogens is 406 g/mol. The predicted octanol–water partition coefficient (Wildman–Crippen LogP) is 4.48. The Morgan fingerprint density at radius 2 is 1.90 bits per heavy atom. The molecule has 0 aromatic heterocycles. The molecule has 0 aliphatic rings. The first kappa shape index (κ1) is 18.0. The molecule has 0 fully saturated rings. The molecule has 21 heavy (non-hydrogen) atoms. The van der Waals surface area contributed by atoms with Crippen LogP contribution in [-0.2, 0) is 14.8 Å². The van der Waals surface area contributed by atoms with Crippen molar-refractivity contribution in [1.29, 1.82) is 0 Å². The fraction of sp³-hybridized carbons (Fsp3) is 0.429. The number of hydrogen-bond acceptors (Lipinski definition) is 4. The lowest BCUT2D eigenvalue weighted by atomic mass is 10.1. The number of amides is 1. The summed E-state index contributed by atoms with van der Waals surface area (Å²) < 4.78 is 10.6. The zero-order valence-electron chi connectivity index (χ0n) is 12.3. The average Bonchev–Trinajstić information content (AvgIpc) is 2.34. The molecule has 0 heterocycles. The Hall–Kier alpha value is -1.08. The van der Waals surface area contributed by atoms with Gasteiger partial charge in [0.25, 0.3) is 0 Å². The SMILES string of the molecule is COC(=O)c1cc(Br)cc(NC(=O)OC(C)(C)C)c1CBr. The topological polar surface area (TPSA) is 64.6 Å². The quantitative estimate of drug-likeness (QED) is 0.576. The molecule has 1 rings (SSSR count). The molecule has 0 unspecified atom stereocenters. The van der Waals surface area contributed by atoms with E-state index in [1.807, 2.05) is 0 Å². The van der Waals surface area contributed by atoms with E-state index >= 15 is 0 Å². The summed E-state index contributed by atoms with van der Waals surface area (Å²) in [5, 5.41) is 3.03. The van der Waals surface area contributed by atoms with Gasteiger partial charge in [-0.15, -0.1) is 0 Å². The Bertz CT molecular complexity index is 553. The van der Waals surface area contributed by atoms with Gasteiger partial charge in [0.1, 0.15) is 5.60 Å². The number of halogens is 2. The minimum Gasteiger partial charge on any atom is -0.465 e. The average molecular weight is 423 g/mol. The fourth-order valence-electron chi connectivity index (χ4n) is 1.60. The summed E-state index contributed by atoms with van der Waals surface area (Å²) in [6, 6.07) is 3.34. The van der Waals surface area contributed by atoms with Gasteiger partial charge in [-0.3, -0.25) is 5.32 Å². The molecule has 1 aromatic carbocycles. The van der Waals surface area contributed by atoms with E-state index in [1.54, 1.807) is 32.9 Å². The van der Waals surface area contributed by atoms with Gasteiger partial charge in [-0.1, -0.05) is 31.9 Å². The Morgan fingerprint density at radius 3 is 2.38 bits per heavy atom. The van der Waals surface area contributed by atoms with E-state index in [9.17, 15) is 9.59 Å². The molecule has 1 N–H and O–H groups in total. The first-order valence-electron chi connectivity index (χ1n) is 6.14. The number of nitrogens with one attached hydrogen (secondary N) is 1. The Balaban J connectivity index is 3.15. The van der Waals surface area contributed by atoms with Crippen molar-refractivity contribution >= 4 is 49.6 Å². The van der Waals surface area contributed by atoms with E-state index in [0.717, 1.165) is 0 Å². The van der Waals surface area contributed by atoms with E-state index in [2.05, 4.69) is 37.2 Å². The van der Waals surface area contributed by atoms with Crippen molar-refractivity contribution in [2.24, 2.45) is 0 Å². The van der Waals surface area contributed by atoms with Crippen LogP contribution in [0.25, 0.3) is 0 Å². The molecule has 0 aliphatic carbocycles. The third-order valence-electron chi connectivity index (χ3n) is 2.39.